The van der Waals surface area contributed by atoms with Gasteiger partial charge in [-0.2, -0.15) is 0 Å². The Morgan fingerprint density at radius 2 is 1.74 bits per heavy atom. The molecule has 0 saturated heterocycles. The van der Waals surface area contributed by atoms with Crippen LogP contribution in [0.1, 0.15) is 39.3 Å². The lowest BCUT2D eigenvalue weighted by atomic mass is 10.1. The minimum absolute atomic E-state index is 0.104. The summed E-state index contributed by atoms with van der Waals surface area (Å²) in [4.78, 5) is 0. The van der Waals surface area contributed by atoms with E-state index in [-0.39, 0.29) is 11.8 Å². The van der Waals surface area contributed by atoms with Crippen molar-refractivity contribution in [3.63, 3.8) is 0 Å². The number of sulfone groups is 1. The molecule has 0 fully saturated rings. The molecule has 1 aromatic rings. The van der Waals surface area contributed by atoms with Gasteiger partial charge >= 0.3 is 0 Å². The fourth-order valence-electron chi connectivity index (χ4n) is 1.59. The van der Waals surface area contributed by atoms with Gasteiger partial charge in [0.2, 0.25) is 0 Å². The van der Waals surface area contributed by atoms with Crippen molar-refractivity contribution in [3.8, 4) is 0 Å². The van der Waals surface area contributed by atoms with Crippen LogP contribution in [0.3, 0.4) is 0 Å². The molecular weight excluding hydrogens is 282 g/mol. The zero-order valence-corrected chi connectivity index (χ0v) is 13.5. The van der Waals surface area contributed by atoms with Gasteiger partial charge in [-0.05, 0) is 45.4 Å². The van der Waals surface area contributed by atoms with Gasteiger partial charge in [-0.15, -0.1) is 0 Å². The van der Waals surface area contributed by atoms with Gasteiger partial charge in [0.1, 0.15) is 0 Å². The predicted octanol–water partition coefficient (Wildman–Crippen LogP) is 3.20. The van der Waals surface area contributed by atoms with E-state index < -0.39 is 14.6 Å². The van der Waals surface area contributed by atoms with E-state index in [0.717, 1.165) is 5.56 Å². The molecule has 0 amide bonds. The summed E-state index contributed by atoms with van der Waals surface area (Å²) >= 11 is 5.83. The molecule has 1 atom stereocenters. The number of hydrogen-bond donors (Lipinski definition) is 1. The molecule has 1 rings (SSSR count). The van der Waals surface area contributed by atoms with Crippen LogP contribution in [0.4, 0.5) is 0 Å². The van der Waals surface area contributed by atoms with Gasteiger partial charge in [-0.25, -0.2) is 8.42 Å². The highest BCUT2D eigenvalue weighted by molar-refractivity contribution is 7.92. The van der Waals surface area contributed by atoms with E-state index >= 15 is 0 Å². The summed E-state index contributed by atoms with van der Waals surface area (Å²) in [5.41, 5.74) is 1.09. The molecular formula is C14H22ClNO2S. The van der Waals surface area contributed by atoms with Gasteiger partial charge in [0.05, 0.1) is 10.5 Å². The first-order chi connectivity index (χ1) is 8.63. The summed E-state index contributed by atoms with van der Waals surface area (Å²) in [6, 6.07) is 7.66. The Labute approximate surface area is 121 Å². The molecule has 0 aliphatic rings. The molecule has 0 aliphatic heterocycles. The van der Waals surface area contributed by atoms with Crippen molar-refractivity contribution in [3.05, 3.63) is 34.9 Å². The Hall–Kier alpha value is -0.580. The molecule has 3 nitrogen and oxygen atoms in total. The van der Waals surface area contributed by atoms with E-state index in [2.05, 4.69) is 5.32 Å². The Kier molecular flexibility index (Phi) is 5.42. The van der Waals surface area contributed by atoms with Crippen LogP contribution in [-0.2, 0) is 9.84 Å². The minimum Gasteiger partial charge on any atom is -0.309 e. The van der Waals surface area contributed by atoms with Gasteiger partial charge in [0, 0.05) is 17.6 Å². The lowest BCUT2D eigenvalue weighted by Crippen LogP contribution is -2.35. The Bertz CT molecular complexity index is 503. The highest BCUT2D eigenvalue weighted by atomic mass is 35.5. The molecule has 0 spiro atoms. The third-order valence-electron chi connectivity index (χ3n) is 3.12. The third kappa shape index (κ3) is 4.79. The van der Waals surface area contributed by atoms with Crippen molar-refractivity contribution in [2.45, 2.75) is 38.5 Å². The summed E-state index contributed by atoms with van der Waals surface area (Å²) in [5, 5.41) is 3.92. The zero-order chi connectivity index (χ0) is 14.7. The summed E-state index contributed by atoms with van der Waals surface area (Å²) in [7, 11) is -3.07. The fourth-order valence-corrected chi connectivity index (χ4v) is 2.71. The molecule has 0 aromatic heterocycles. The first-order valence-electron chi connectivity index (χ1n) is 6.34. The predicted molar refractivity (Wildman–Crippen MR) is 81.4 cm³/mol. The Morgan fingerprint density at radius 1 is 1.21 bits per heavy atom. The second kappa shape index (κ2) is 6.25. The summed E-state index contributed by atoms with van der Waals surface area (Å²) in [6.45, 7) is 7.64. The lowest BCUT2D eigenvalue weighted by Gasteiger charge is -2.20. The number of benzene rings is 1. The quantitative estimate of drug-likeness (QED) is 0.908. The average molecular weight is 304 g/mol. The monoisotopic (exact) mass is 303 g/mol. The molecule has 5 heteroatoms. The van der Waals surface area contributed by atoms with Gasteiger partial charge in [0.15, 0.2) is 9.84 Å². The maximum absolute atomic E-state index is 12.0. The van der Waals surface area contributed by atoms with E-state index in [4.69, 9.17) is 11.6 Å². The number of hydrogen-bond acceptors (Lipinski definition) is 3. The lowest BCUT2D eigenvalue weighted by molar-refractivity contribution is 0.546. The fraction of sp³-hybridized carbons (Fsp3) is 0.571. The Balaban J connectivity index is 2.52. The van der Waals surface area contributed by atoms with Crippen molar-refractivity contribution in [1.29, 1.82) is 0 Å². The topological polar surface area (TPSA) is 46.2 Å². The molecule has 1 aromatic carbocycles. The summed E-state index contributed by atoms with van der Waals surface area (Å²) < 4.78 is 23.2. The third-order valence-corrected chi connectivity index (χ3v) is 5.98. The molecule has 108 valence electrons. The first-order valence-corrected chi connectivity index (χ1v) is 8.37. The van der Waals surface area contributed by atoms with E-state index in [0.29, 0.717) is 11.6 Å². The maximum atomic E-state index is 12.0. The molecule has 0 aliphatic carbocycles. The summed E-state index contributed by atoms with van der Waals surface area (Å²) in [6.07, 6.45) is 0. The van der Waals surface area contributed by atoms with E-state index in [1.54, 1.807) is 20.8 Å². The van der Waals surface area contributed by atoms with E-state index in [1.807, 2.05) is 31.2 Å². The van der Waals surface area contributed by atoms with E-state index in [1.165, 1.54) is 0 Å². The molecule has 0 radical (unpaired) electrons. The van der Waals surface area contributed by atoms with Crippen LogP contribution in [0.2, 0.25) is 5.02 Å². The van der Waals surface area contributed by atoms with Gasteiger partial charge in [-0.1, -0.05) is 23.7 Å². The standard InChI is InChI=1S/C14H22ClNO2S/c1-11(12-5-7-13(15)8-6-12)16-9-10-19(17,18)14(2,3)4/h5-8,11,16H,9-10H2,1-4H3/t11-/m1/s1. The Morgan fingerprint density at radius 3 is 2.21 bits per heavy atom. The molecule has 0 heterocycles. The number of halogens is 1. The van der Waals surface area contributed by atoms with Crippen molar-refractivity contribution in [1.82, 2.24) is 5.32 Å². The van der Waals surface area contributed by atoms with Gasteiger partial charge in [-0.3, -0.25) is 0 Å². The second-order valence-corrected chi connectivity index (χ2v) is 8.96. The molecule has 0 bridgehead atoms. The van der Waals surface area contributed by atoms with Crippen molar-refractivity contribution in [2.24, 2.45) is 0 Å². The van der Waals surface area contributed by atoms with Crippen LogP contribution in [0.25, 0.3) is 0 Å². The number of rotatable bonds is 5. The van der Waals surface area contributed by atoms with Crippen LogP contribution in [-0.4, -0.2) is 25.5 Å². The smallest absolute Gasteiger partial charge is 0.156 e. The molecule has 0 saturated carbocycles. The molecule has 0 unspecified atom stereocenters. The first kappa shape index (κ1) is 16.5. The van der Waals surface area contributed by atoms with Crippen LogP contribution in [0.15, 0.2) is 24.3 Å². The van der Waals surface area contributed by atoms with Crippen LogP contribution >= 0.6 is 11.6 Å². The summed E-state index contributed by atoms with van der Waals surface area (Å²) in [5.74, 6) is 0.147. The SMILES string of the molecule is C[C@@H](NCCS(=O)(=O)C(C)(C)C)c1ccc(Cl)cc1. The second-order valence-electron chi connectivity index (χ2n) is 5.66. The van der Waals surface area contributed by atoms with Crippen molar-refractivity contribution in [2.75, 3.05) is 12.3 Å². The molecule has 1 N–H and O–H groups in total. The maximum Gasteiger partial charge on any atom is 0.156 e. The van der Waals surface area contributed by atoms with Crippen LogP contribution < -0.4 is 5.32 Å². The zero-order valence-electron chi connectivity index (χ0n) is 11.9. The van der Waals surface area contributed by atoms with Crippen LogP contribution in [0, 0.1) is 0 Å². The van der Waals surface area contributed by atoms with E-state index in [9.17, 15) is 8.42 Å². The largest absolute Gasteiger partial charge is 0.309 e. The number of nitrogens with one attached hydrogen (secondary N) is 1. The minimum atomic E-state index is -3.07. The normalized spacial score (nSPS) is 14.4. The highest BCUT2D eigenvalue weighted by Crippen LogP contribution is 2.17. The van der Waals surface area contributed by atoms with Crippen molar-refractivity contribution < 1.29 is 8.42 Å². The highest BCUT2D eigenvalue weighted by Gasteiger charge is 2.28. The van der Waals surface area contributed by atoms with Crippen LogP contribution in [0.5, 0.6) is 0 Å². The van der Waals surface area contributed by atoms with Gasteiger partial charge in [0.25, 0.3) is 0 Å². The van der Waals surface area contributed by atoms with Crippen molar-refractivity contribution >= 4 is 21.4 Å². The van der Waals surface area contributed by atoms with Gasteiger partial charge < -0.3 is 5.32 Å². The molecule has 19 heavy (non-hydrogen) atoms. The average Bonchev–Trinajstić information content (AvgIpc) is 2.28.